The van der Waals surface area contributed by atoms with Gasteiger partial charge in [-0.05, 0) is 55.8 Å². The van der Waals surface area contributed by atoms with Crippen LogP contribution in [0.2, 0.25) is 0 Å². The summed E-state index contributed by atoms with van der Waals surface area (Å²) in [7, 11) is 0. The Morgan fingerprint density at radius 2 is 1.76 bits per heavy atom. The molecule has 17 heavy (non-hydrogen) atoms. The van der Waals surface area contributed by atoms with Crippen LogP contribution in [0, 0.1) is 0 Å². The van der Waals surface area contributed by atoms with E-state index in [0.717, 1.165) is 4.47 Å². The number of rotatable bonds is 3. The fourth-order valence-electron chi connectivity index (χ4n) is 1.15. The highest BCUT2D eigenvalue weighted by molar-refractivity contribution is 9.10. The van der Waals surface area contributed by atoms with Crippen molar-refractivity contribution in [1.29, 1.82) is 0 Å². The first-order chi connectivity index (χ1) is 7.65. The van der Waals surface area contributed by atoms with Gasteiger partial charge in [-0.3, -0.25) is 4.79 Å². The van der Waals surface area contributed by atoms with Crippen LogP contribution in [-0.4, -0.2) is 22.2 Å². The lowest BCUT2D eigenvalue weighted by atomic mass is 9.86. The predicted octanol–water partition coefficient (Wildman–Crippen LogP) is 2.73. The van der Waals surface area contributed by atoms with E-state index < -0.39 is 11.1 Å². The van der Waals surface area contributed by atoms with Crippen molar-refractivity contribution in [3.8, 4) is 0 Å². The SMILES string of the molecule is CC(C)(O)C(C)(C)NC(=O)c1ccccc1Br. The number of hydrogen-bond donors (Lipinski definition) is 2. The molecule has 1 aromatic rings. The van der Waals surface area contributed by atoms with E-state index in [4.69, 9.17) is 0 Å². The van der Waals surface area contributed by atoms with Gasteiger partial charge in [-0.15, -0.1) is 0 Å². The Labute approximate surface area is 110 Å². The average Bonchev–Trinajstić information content (AvgIpc) is 2.15. The second-order valence-electron chi connectivity index (χ2n) is 5.12. The second kappa shape index (κ2) is 4.78. The molecule has 0 heterocycles. The van der Waals surface area contributed by atoms with Crippen LogP contribution in [0.1, 0.15) is 38.1 Å². The minimum atomic E-state index is -0.996. The summed E-state index contributed by atoms with van der Waals surface area (Å²) >= 11 is 3.33. The quantitative estimate of drug-likeness (QED) is 0.902. The number of amides is 1. The third kappa shape index (κ3) is 3.30. The van der Waals surface area contributed by atoms with Crippen LogP contribution in [0.3, 0.4) is 0 Å². The summed E-state index contributed by atoms with van der Waals surface area (Å²) < 4.78 is 0.740. The monoisotopic (exact) mass is 299 g/mol. The fraction of sp³-hybridized carbons (Fsp3) is 0.462. The summed E-state index contributed by atoms with van der Waals surface area (Å²) in [5, 5.41) is 12.8. The number of hydrogen-bond acceptors (Lipinski definition) is 2. The molecule has 0 spiro atoms. The number of benzene rings is 1. The fourth-order valence-corrected chi connectivity index (χ4v) is 1.61. The highest BCUT2D eigenvalue weighted by Crippen LogP contribution is 2.22. The molecule has 0 aromatic heterocycles. The molecule has 94 valence electrons. The third-order valence-electron chi connectivity index (χ3n) is 3.07. The zero-order valence-electron chi connectivity index (χ0n) is 10.5. The molecule has 1 aromatic carbocycles. The van der Waals surface area contributed by atoms with E-state index in [0.29, 0.717) is 5.56 Å². The molecular formula is C13H18BrNO2. The van der Waals surface area contributed by atoms with E-state index in [-0.39, 0.29) is 5.91 Å². The first-order valence-corrected chi connectivity index (χ1v) is 6.24. The van der Waals surface area contributed by atoms with Crippen molar-refractivity contribution >= 4 is 21.8 Å². The lowest BCUT2D eigenvalue weighted by Crippen LogP contribution is -2.57. The van der Waals surface area contributed by atoms with Crippen LogP contribution in [0.5, 0.6) is 0 Å². The summed E-state index contributed by atoms with van der Waals surface area (Å²) in [5.74, 6) is -0.204. The maximum atomic E-state index is 12.1. The summed E-state index contributed by atoms with van der Waals surface area (Å²) in [4.78, 5) is 12.1. The highest BCUT2D eigenvalue weighted by atomic mass is 79.9. The van der Waals surface area contributed by atoms with Crippen LogP contribution in [0.4, 0.5) is 0 Å². The van der Waals surface area contributed by atoms with Gasteiger partial charge >= 0.3 is 0 Å². The van der Waals surface area contributed by atoms with Crippen molar-refractivity contribution in [2.45, 2.75) is 38.8 Å². The third-order valence-corrected chi connectivity index (χ3v) is 3.77. The van der Waals surface area contributed by atoms with Gasteiger partial charge in [0, 0.05) is 4.47 Å². The first-order valence-electron chi connectivity index (χ1n) is 5.44. The average molecular weight is 300 g/mol. The van der Waals surface area contributed by atoms with Gasteiger partial charge in [-0.1, -0.05) is 12.1 Å². The summed E-state index contributed by atoms with van der Waals surface area (Å²) in [5.41, 5.74) is -1.15. The Hall–Kier alpha value is -0.870. The molecule has 0 aliphatic carbocycles. The Bertz CT molecular complexity index is 422. The van der Waals surface area contributed by atoms with Crippen molar-refractivity contribution in [3.63, 3.8) is 0 Å². The van der Waals surface area contributed by atoms with Crippen LogP contribution in [0.25, 0.3) is 0 Å². The standard InChI is InChI=1S/C13H18BrNO2/c1-12(2,13(3,4)17)15-11(16)9-7-5-6-8-10(9)14/h5-8,17H,1-4H3,(H,15,16). The molecule has 1 rings (SSSR count). The Balaban J connectivity index is 2.92. The molecule has 3 nitrogen and oxygen atoms in total. The van der Waals surface area contributed by atoms with E-state index in [2.05, 4.69) is 21.2 Å². The minimum absolute atomic E-state index is 0.204. The number of halogens is 1. The lowest BCUT2D eigenvalue weighted by Gasteiger charge is -2.38. The van der Waals surface area contributed by atoms with Crippen molar-refractivity contribution < 1.29 is 9.90 Å². The zero-order chi connectivity index (χ0) is 13.3. The van der Waals surface area contributed by atoms with E-state index in [1.165, 1.54) is 0 Å². The van der Waals surface area contributed by atoms with Crippen LogP contribution in [-0.2, 0) is 0 Å². The summed E-state index contributed by atoms with van der Waals surface area (Å²) in [6.45, 7) is 6.93. The number of nitrogens with one attached hydrogen (secondary N) is 1. The van der Waals surface area contributed by atoms with Crippen molar-refractivity contribution in [2.75, 3.05) is 0 Å². The Kier molecular flexibility index (Phi) is 3.99. The lowest BCUT2D eigenvalue weighted by molar-refractivity contribution is -0.00294. The molecular weight excluding hydrogens is 282 g/mol. The summed E-state index contributed by atoms with van der Waals surface area (Å²) in [6, 6.07) is 7.20. The van der Waals surface area contributed by atoms with Crippen molar-refractivity contribution in [3.05, 3.63) is 34.3 Å². The molecule has 1 amide bonds. The summed E-state index contributed by atoms with van der Waals surface area (Å²) in [6.07, 6.45) is 0. The molecule has 0 unspecified atom stereocenters. The van der Waals surface area contributed by atoms with Gasteiger partial charge in [-0.2, -0.15) is 0 Å². The van der Waals surface area contributed by atoms with Crippen LogP contribution in [0.15, 0.2) is 28.7 Å². The minimum Gasteiger partial charge on any atom is -0.388 e. The molecule has 0 aliphatic heterocycles. The van der Waals surface area contributed by atoms with E-state index in [1.54, 1.807) is 39.8 Å². The smallest absolute Gasteiger partial charge is 0.252 e. The van der Waals surface area contributed by atoms with E-state index >= 15 is 0 Å². The van der Waals surface area contributed by atoms with Gasteiger partial charge in [0.15, 0.2) is 0 Å². The maximum absolute atomic E-state index is 12.1. The molecule has 2 N–H and O–H groups in total. The second-order valence-corrected chi connectivity index (χ2v) is 5.97. The van der Waals surface area contributed by atoms with Gasteiger partial charge in [0.25, 0.3) is 5.91 Å². The Morgan fingerprint density at radius 3 is 2.24 bits per heavy atom. The number of aliphatic hydroxyl groups is 1. The van der Waals surface area contributed by atoms with Gasteiger partial charge in [0.2, 0.25) is 0 Å². The zero-order valence-corrected chi connectivity index (χ0v) is 12.1. The number of carbonyl (C=O) groups is 1. The van der Waals surface area contributed by atoms with Crippen LogP contribution < -0.4 is 5.32 Å². The molecule has 0 saturated heterocycles. The van der Waals surface area contributed by atoms with Gasteiger partial charge in [0.1, 0.15) is 0 Å². The molecule has 0 radical (unpaired) electrons. The molecule has 0 saturated carbocycles. The van der Waals surface area contributed by atoms with Crippen molar-refractivity contribution in [2.24, 2.45) is 0 Å². The topological polar surface area (TPSA) is 49.3 Å². The predicted molar refractivity (Wildman–Crippen MR) is 72.0 cm³/mol. The maximum Gasteiger partial charge on any atom is 0.252 e. The molecule has 0 fully saturated rings. The van der Waals surface area contributed by atoms with Crippen molar-refractivity contribution in [1.82, 2.24) is 5.32 Å². The van der Waals surface area contributed by atoms with Gasteiger partial charge in [0.05, 0.1) is 16.7 Å². The normalized spacial score (nSPS) is 12.4. The largest absolute Gasteiger partial charge is 0.388 e. The first kappa shape index (κ1) is 14.2. The molecule has 0 bridgehead atoms. The van der Waals surface area contributed by atoms with Gasteiger partial charge in [-0.25, -0.2) is 0 Å². The molecule has 0 atom stereocenters. The van der Waals surface area contributed by atoms with E-state index in [9.17, 15) is 9.90 Å². The molecule has 4 heteroatoms. The highest BCUT2D eigenvalue weighted by Gasteiger charge is 2.36. The van der Waals surface area contributed by atoms with E-state index in [1.807, 2.05) is 12.1 Å². The van der Waals surface area contributed by atoms with Gasteiger partial charge < -0.3 is 10.4 Å². The Morgan fingerprint density at radius 1 is 1.24 bits per heavy atom. The number of carbonyl (C=O) groups excluding carboxylic acids is 1. The molecule has 0 aliphatic rings. The van der Waals surface area contributed by atoms with Crippen LogP contribution >= 0.6 is 15.9 Å².